The molecule has 1 aromatic heterocycles. The molecule has 0 aliphatic rings. The van der Waals surface area contributed by atoms with Gasteiger partial charge < -0.3 is 15.4 Å². The Labute approximate surface area is 163 Å². The highest BCUT2D eigenvalue weighted by Gasteiger charge is 2.10. The smallest absolute Gasteiger partial charge is 0.337 e. The van der Waals surface area contributed by atoms with Gasteiger partial charge in [0.2, 0.25) is 0 Å². The van der Waals surface area contributed by atoms with Gasteiger partial charge in [-0.3, -0.25) is 4.79 Å². The molecule has 2 aromatic carbocycles. The molecular formula is C22H21N3O3. The van der Waals surface area contributed by atoms with E-state index in [0.717, 1.165) is 5.69 Å². The van der Waals surface area contributed by atoms with E-state index in [9.17, 15) is 9.59 Å². The van der Waals surface area contributed by atoms with Crippen molar-refractivity contribution in [1.82, 2.24) is 4.98 Å². The van der Waals surface area contributed by atoms with Crippen LogP contribution in [0.4, 0.5) is 17.2 Å². The molecule has 1 amide bonds. The van der Waals surface area contributed by atoms with E-state index >= 15 is 0 Å². The number of amides is 1. The number of anilines is 3. The van der Waals surface area contributed by atoms with Gasteiger partial charge >= 0.3 is 5.97 Å². The lowest BCUT2D eigenvalue weighted by Crippen LogP contribution is -2.13. The SMILES string of the molecule is COC(=O)c1cccc(NC(=O)c2ccc(Nc3ccc(C)c(C)c3)nc2)c1. The van der Waals surface area contributed by atoms with Crippen molar-refractivity contribution in [3.8, 4) is 0 Å². The van der Waals surface area contributed by atoms with Crippen LogP contribution in [0.25, 0.3) is 0 Å². The van der Waals surface area contributed by atoms with E-state index in [2.05, 4.69) is 34.2 Å². The summed E-state index contributed by atoms with van der Waals surface area (Å²) in [5.74, 6) is -0.126. The molecule has 0 aliphatic carbocycles. The zero-order valence-corrected chi connectivity index (χ0v) is 15.9. The molecule has 6 nitrogen and oxygen atoms in total. The summed E-state index contributed by atoms with van der Waals surface area (Å²) in [7, 11) is 1.31. The van der Waals surface area contributed by atoms with E-state index in [1.807, 2.05) is 18.2 Å². The molecule has 0 spiro atoms. The maximum absolute atomic E-state index is 12.4. The number of rotatable bonds is 5. The van der Waals surface area contributed by atoms with Crippen LogP contribution in [0.15, 0.2) is 60.8 Å². The Morgan fingerprint density at radius 3 is 2.39 bits per heavy atom. The molecule has 0 saturated heterocycles. The van der Waals surface area contributed by atoms with Crippen molar-refractivity contribution in [3.63, 3.8) is 0 Å². The summed E-state index contributed by atoms with van der Waals surface area (Å²) in [5, 5.41) is 5.97. The normalized spacial score (nSPS) is 10.2. The number of aromatic nitrogens is 1. The molecule has 0 radical (unpaired) electrons. The standard InChI is InChI=1S/C22H21N3O3/c1-14-7-9-19(11-15(14)2)24-20-10-8-17(13-23-20)21(26)25-18-6-4-5-16(12-18)22(27)28-3/h4-13H,1-3H3,(H,23,24)(H,25,26). The van der Waals surface area contributed by atoms with Crippen molar-refractivity contribution in [1.29, 1.82) is 0 Å². The van der Waals surface area contributed by atoms with Crippen LogP contribution in [0.1, 0.15) is 31.8 Å². The van der Waals surface area contributed by atoms with Gasteiger partial charge in [0.25, 0.3) is 5.91 Å². The first-order valence-electron chi connectivity index (χ1n) is 8.76. The van der Waals surface area contributed by atoms with E-state index < -0.39 is 5.97 Å². The fraction of sp³-hybridized carbons (Fsp3) is 0.136. The van der Waals surface area contributed by atoms with Crippen LogP contribution < -0.4 is 10.6 Å². The minimum absolute atomic E-state index is 0.313. The highest BCUT2D eigenvalue weighted by molar-refractivity contribution is 6.04. The Morgan fingerprint density at radius 1 is 0.893 bits per heavy atom. The third kappa shape index (κ3) is 4.54. The Hall–Kier alpha value is -3.67. The van der Waals surface area contributed by atoms with E-state index in [1.54, 1.807) is 36.4 Å². The predicted molar refractivity (Wildman–Crippen MR) is 109 cm³/mol. The summed E-state index contributed by atoms with van der Waals surface area (Å²) in [6.45, 7) is 4.11. The van der Waals surface area contributed by atoms with E-state index in [-0.39, 0.29) is 5.91 Å². The average molecular weight is 375 g/mol. The number of hydrogen-bond acceptors (Lipinski definition) is 5. The lowest BCUT2D eigenvalue weighted by Gasteiger charge is -2.09. The zero-order valence-electron chi connectivity index (χ0n) is 15.9. The Balaban J connectivity index is 1.68. The number of pyridine rings is 1. The predicted octanol–water partition coefficient (Wildman–Crippen LogP) is 4.48. The molecule has 0 atom stereocenters. The Morgan fingerprint density at radius 2 is 1.71 bits per heavy atom. The fourth-order valence-corrected chi connectivity index (χ4v) is 2.61. The first-order chi connectivity index (χ1) is 13.5. The number of esters is 1. The molecule has 6 heteroatoms. The van der Waals surface area contributed by atoms with Crippen LogP contribution in [0.3, 0.4) is 0 Å². The van der Waals surface area contributed by atoms with Crippen LogP contribution in [-0.2, 0) is 4.74 Å². The molecule has 1 heterocycles. The van der Waals surface area contributed by atoms with Gasteiger partial charge in [-0.15, -0.1) is 0 Å². The molecule has 0 bridgehead atoms. The fourth-order valence-electron chi connectivity index (χ4n) is 2.61. The molecular weight excluding hydrogens is 354 g/mol. The number of carbonyl (C=O) groups excluding carboxylic acids is 2. The van der Waals surface area contributed by atoms with Gasteiger partial charge in [-0.05, 0) is 67.4 Å². The van der Waals surface area contributed by atoms with E-state index in [4.69, 9.17) is 0 Å². The van der Waals surface area contributed by atoms with Crippen LogP contribution in [0, 0.1) is 13.8 Å². The van der Waals surface area contributed by atoms with Gasteiger partial charge in [0.15, 0.2) is 0 Å². The number of ether oxygens (including phenoxy) is 1. The zero-order chi connectivity index (χ0) is 20.1. The topological polar surface area (TPSA) is 80.3 Å². The van der Waals surface area contributed by atoms with E-state index in [1.165, 1.54) is 24.4 Å². The maximum Gasteiger partial charge on any atom is 0.337 e. The molecule has 28 heavy (non-hydrogen) atoms. The molecule has 3 rings (SSSR count). The molecule has 2 N–H and O–H groups in total. The number of methoxy groups -OCH3 is 1. The Bertz CT molecular complexity index is 1010. The summed E-state index contributed by atoms with van der Waals surface area (Å²) >= 11 is 0. The lowest BCUT2D eigenvalue weighted by molar-refractivity contribution is 0.0600. The summed E-state index contributed by atoms with van der Waals surface area (Å²) in [5.41, 5.74) is 4.63. The number of nitrogens with zero attached hydrogens (tertiary/aromatic N) is 1. The first-order valence-corrected chi connectivity index (χ1v) is 8.76. The van der Waals surface area contributed by atoms with Crippen LogP contribution >= 0.6 is 0 Å². The van der Waals surface area contributed by atoms with E-state index in [0.29, 0.717) is 22.6 Å². The minimum Gasteiger partial charge on any atom is -0.465 e. The second kappa shape index (κ2) is 8.35. The van der Waals surface area contributed by atoms with Gasteiger partial charge in [-0.1, -0.05) is 12.1 Å². The number of aryl methyl sites for hydroxylation is 2. The molecule has 142 valence electrons. The maximum atomic E-state index is 12.4. The minimum atomic E-state index is -0.459. The summed E-state index contributed by atoms with van der Waals surface area (Å²) in [6, 6.07) is 16.1. The van der Waals surface area contributed by atoms with Gasteiger partial charge in [0.05, 0.1) is 18.2 Å². The monoisotopic (exact) mass is 375 g/mol. The second-order valence-electron chi connectivity index (χ2n) is 6.38. The van der Waals surface area contributed by atoms with Crippen LogP contribution in [0.5, 0.6) is 0 Å². The highest BCUT2D eigenvalue weighted by atomic mass is 16.5. The van der Waals surface area contributed by atoms with Crippen molar-refractivity contribution in [2.45, 2.75) is 13.8 Å². The second-order valence-corrected chi connectivity index (χ2v) is 6.38. The highest BCUT2D eigenvalue weighted by Crippen LogP contribution is 2.19. The van der Waals surface area contributed by atoms with Gasteiger partial charge in [0, 0.05) is 17.6 Å². The number of nitrogens with one attached hydrogen (secondary N) is 2. The molecule has 0 fully saturated rings. The number of benzene rings is 2. The summed E-state index contributed by atoms with van der Waals surface area (Å²) in [6.07, 6.45) is 1.50. The van der Waals surface area contributed by atoms with Gasteiger partial charge in [0.1, 0.15) is 5.82 Å². The van der Waals surface area contributed by atoms with Crippen LogP contribution in [-0.4, -0.2) is 24.0 Å². The quantitative estimate of drug-likeness (QED) is 0.643. The van der Waals surface area contributed by atoms with Crippen molar-refractivity contribution in [2.75, 3.05) is 17.7 Å². The third-order valence-electron chi connectivity index (χ3n) is 4.35. The van der Waals surface area contributed by atoms with Crippen molar-refractivity contribution < 1.29 is 14.3 Å². The molecule has 3 aromatic rings. The molecule has 0 saturated carbocycles. The summed E-state index contributed by atoms with van der Waals surface area (Å²) < 4.78 is 4.69. The van der Waals surface area contributed by atoms with Gasteiger partial charge in [-0.2, -0.15) is 0 Å². The molecule has 0 unspecified atom stereocenters. The third-order valence-corrected chi connectivity index (χ3v) is 4.35. The van der Waals surface area contributed by atoms with Crippen molar-refractivity contribution >= 4 is 29.1 Å². The van der Waals surface area contributed by atoms with Crippen LogP contribution in [0.2, 0.25) is 0 Å². The number of hydrogen-bond donors (Lipinski definition) is 2. The van der Waals surface area contributed by atoms with Gasteiger partial charge in [-0.25, -0.2) is 9.78 Å². The summed E-state index contributed by atoms with van der Waals surface area (Å²) in [4.78, 5) is 28.3. The largest absolute Gasteiger partial charge is 0.465 e. The number of carbonyl (C=O) groups is 2. The van der Waals surface area contributed by atoms with Crippen molar-refractivity contribution in [2.24, 2.45) is 0 Å². The average Bonchev–Trinajstić information content (AvgIpc) is 2.71. The first kappa shape index (κ1) is 19.1. The molecule has 0 aliphatic heterocycles. The lowest BCUT2D eigenvalue weighted by atomic mass is 10.1. The van der Waals surface area contributed by atoms with Crippen molar-refractivity contribution in [3.05, 3.63) is 83.0 Å². The Kier molecular flexibility index (Phi) is 5.69.